The van der Waals surface area contributed by atoms with Gasteiger partial charge in [-0.3, -0.25) is 47.9 Å². The van der Waals surface area contributed by atoms with Crippen molar-refractivity contribution < 1.29 is 124 Å². The Bertz CT molecular complexity index is 1870. The zero-order chi connectivity index (χ0) is 53.8. The summed E-state index contributed by atoms with van der Waals surface area (Å²) in [4.78, 5) is 126. The van der Waals surface area contributed by atoms with Crippen molar-refractivity contribution in [2.24, 2.45) is 0 Å². The van der Waals surface area contributed by atoms with Crippen LogP contribution in [-0.4, -0.2) is 178 Å². The van der Waals surface area contributed by atoms with Crippen molar-refractivity contribution in [3.63, 3.8) is 0 Å². The summed E-state index contributed by atoms with van der Waals surface area (Å²) in [6, 6.07) is 0. The molecule has 72 heavy (non-hydrogen) atoms. The highest BCUT2D eigenvalue weighted by atomic mass is 16.8. The van der Waals surface area contributed by atoms with Crippen molar-refractivity contribution in [1.82, 2.24) is 0 Å². The number of esters is 10. The first-order valence-corrected chi connectivity index (χ1v) is 23.4. The summed E-state index contributed by atoms with van der Waals surface area (Å²) in [6.07, 6.45) is -21.1. The maximum absolute atomic E-state index is 13.2. The summed E-state index contributed by atoms with van der Waals surface area (Å²) in [5.41, 5.74) is 0. The van der Waals surface area contributed by atoms with E-state index >= 15 is 0 Å². The van der Waals surface area contributed by atoms with Gasteiger partial charge in [-0.1, -0.05) is 39.0 Å². The minimum Gasteiger partial charge on any atom is -0.463 e. The largest absolute Gasteiger partial charge is 0.463 e. The van der Waals surface area contributed by atoms with Crippen LogP contribution in [0.4, 0.5) is 0 Å². The zero-order valence-corrected chi connectivity index (χ0v) is 42.3. The third kappa shape index (κ3) is 19.8. The minimum atomic E-state index is -2.02. The average molecular weight is 1040 g/mol. The molecule has 0 aromatic rings. The summed E-state index contributed by atoms with van der Waals surface area (Å²) in [5.74, 6) is -9.20. The molecule has 6 unspecified atom stereocenters. The smallest absolute Gasteiger partial charge is 0.303 e. The molecule has 26 heteroatoms. The lowest BCUT2D eigenvalue weighted by Crippen LogP contribution is -2.69. The first-order chi connectivity index (χ1) is 33.9. The number of ether oxygens (including phenoxy) is 16. The second kappa shape index (κ2) is 29.8. The number of unbranched alkanes of at least 4 members (excludes halogenated alkanes) is 5. The van der Waals surface area contributed by atoms with Gasteiger partial charge < -0.3 is 75.8 Å². The Morgan fingerprint density at radius 2 is 0.611 bits per heavy atom. The van der Waals surface area contributed by atoms with Gasteiger partial charge in [0, 0.05) is 75.8 Å². The van der Waals surface area contributed by atoms with Crippen LogP contribution in [0.25, 0.3) is 0 Å². The molecule has 0 N–H and O–H groups in total. The number of rotatable bonds is 25. The fourth-order valence-corrected chi connectivity index (χ4v) is 7.97. The summed E-state index contributed by atoms with van der Waals surface area (Å²) in [5, 5.41) is 0. The first-order valence-electron chi connectivity index (χ1n) is 23.4. The second-order valence-electron chi connectivity index (χ2n) is 16.9. The lowest BCUT2D eigenvalue weighted by atomic mass is 9.95. The maximum atomic E-state index is 13.2. The van der Waals surface area contributed by atoms with E-state index in [2.05, 4.69) is 6.92 Å². The van der Waals surface area contributed by atoms with Crippen molar-refractivity contribution >= 4 is 59.7 Å². The molecule has 0 saturated carbocycles. The molecule has 0 bridgehead atoms. The third-order valence-corrected chi connectivity index (χ3v) is 10.6. The Morgan fingerprint density at radius 1 is 0.319 bits per heavy atom. The monoisotopic (exact) mass is 1040 g/mol. The van der Waals surface area contributed by atoms with E-state index in [9.17, 15) is 47.9 Å². The summed E-state index contributed by atoms with van der Waals surface area (Å²) in [7, 11) is 0. The highest BCUT2D eigenvalue weighted by Gasteiger charge is 2.60. The summed E-state index contributed by atoms with van der Waals surface area (Å²) >= 11 is 0. The molecule has 3 heterocycles. The molecule has 0 aliphatic carbocycles. The Kier molecular flexibility index (Phi) is 25.2. The van der Waals surface area contributed by atoms with Crippen molar-refractivity contribution in [2.75, 3.05) is 26.4 Å². The van der Waals surface area contributed by atoms with E-state index in [4.69, 9.17) is 75.8 Å². The lowest BCUT2D eigenvalue weighted by molar-refractivity contribution is -0.386. The van der Waals surface area contributed by atoms with Crippen LogP contribution in [0, 0.1) is 0 Å². The van der Waals surface area contributed by atoms with Gasteiger partial charge in [0.05, 0.1) is 0 Å². The molecular weight excluding hydrogens is 968 g/mol. The highest BCUT2D eigenvalue weighted by Crippen LogP contribution is 2.38. The minimum absolute atomic E-state index is 0.0130. The zero-order valence-electron chi connectivity index (χ0n) is 42.3. The molecule has 0 spiro atoms. The predicted octanol–water partition coefficient (Wildman–Crippen LogP) is 1.52. The van der Waals surface area contributed by atoms with Crippen LogP contribution in [0.5, 0.6) is 0 Å². The Labute approximate surface area is 416 Å². The Morgan fingerprint density at radius 3 is 0.986 bits per heavy atom. The van der Waals surface area contributed by atoms with E-state index in [1.165, 1.54) is 0 Å². The van der Waals surface area contributed by atoms with Gasteiger partial charge in [0.1, 0.15) is 44.2 Å². The summed E-state index contributed by atoms with van der Waals surface area (Å²) in [6.45, 7) is 10.4. The molecule has 0 aromatic carbocycles. The first kappa shape index (κ1) is 60.8. The fraction of sp³-hybridized carbons (Fsp3) is 0.783. The van der Waals surface area contributed by atoms with E-state index < -0.39 is 172 Å². The third-order valence-electron chi connectivity index (χ3n) is 10.6. The predicted molar refractivity (Wildman–Crippen MR) is 234 cm³/mol. The fourth-order valence-electron chi connectivity index (χ4n) is 7.97. The van der Waals surface area contributed by atoms with Crippen molar-refractivity contribution in [3.8, 4) is 0 Å². The van der Waals surface area contributed by atoms with Gasteiger partial charge in [-0.05, 0) is 6.42 Å². The van der Waals surface area contributed by atoms with E-state index in [-0.39, 0.29) is 6.61 Å². The number of carbonyl (C=O) groups excluding carboxylic acids is 10. The van der Waals surface area contributed by atoms with Gasteiger partial charge in [0.15, 0.2) is 67.7 Å². The van der Waals surface area contributed by atoms with Gasteiger partial charge in [-0.2, -0.15) is 0 Å². The molecule has 26 nitrogen and oxygen atoms in total. The number of carbonyl (C=O) groups is 10. The Balaban J connectivity index is 2.34. The van der Waals surface area contributed by atoms with Crippen LogP contribution in [0.1, 0.15) is 115 Å². The maximum Gasteiger partial charge on any atom is 0.303 e. The van der Waals surface area contributed by atoms with Crippen LogP contribution < -0.4 is 0 Å². The molecule has 3 fully saturated rings. The van der Waals surface area contributed by atoms with Gasteiger partial charge >= 0.3 is 59.7 Å². The van der Waals surface area contributed by atoms with Crippen LogP contribution in [-0.2, 0) is 124 Å². The van der Waals surface area contributed by atoms with E-state index in [1.54, 1.807) is 0 Å². The quantitative estimate of drug-likeness (QED) is 0.0711. The molecule has 0 radical (unpaired) electrons. The Hall–Kier alpha value is -5.54. The van der Waals surface area contributed by atoms with E-state index in [0.29, 0.717) is 6.42 Å². The van der Waals surface area contributed by atoms with Gasteiger partial charge in [-0.15, -0.1) is 0 Å². The van der Waals surface area contributed by atoms with Crippen LogP contribution in [0.3, 0.4) is 0 Å². The van der Waals surface area contributed by atoms with E-state index in [0.717, 1.165) is 101 Å². The standard InChI is InChI=1S/C46H68O26/c1-12-13-14-15-16-17-18-57-44-41(38(64-28(8)53)35(61-25(5)50)32(68-44)19-58-22(2)47)72-46-43(67-31(11)56)40(37(63-27(7)52)34(70-46)21-60-24(4)49)71-45-42(66-30(10)55)39(65-29(9)54)36(62-26(6)51)33(69-45)20-59-23(3)48/h32-46H,12-21H2,1-11H3/t32?,33?,34?,35-,36-,37-,38+,39+,40+,41?,42?,43?,44+,45-,46-/m1/s1. The highest BCUT2D eigenvalue weighted by molar-refractivity contribution is 5.70. The lowest BCUT2D eigenvalue weighted by Gasteiger charge is -2.50. The van der Waals surface area contributed by atoms with Crippen LogP contribution in [0.15, 0.2) is 0 Å². The molecule has 3 rings (SSSR count). The number of hydrogen-bond donors (Lipinski definition) is 0. The second-order valence-corrected chi connectivity index (χ2v) is 16.9. The molecule has 0 amide bonds. The topological polar surface area (TPSA) is 318 Å². The van der Waals surface area contributed by atoms with Gasteiger partial charge in [0.2, 0.25) is 0 Å². The van der Waals surface area contributed by atoms with E-state index in [1.807, 2.05) is 0 Å². The summed E-state index contributed by atoms with van der Waals surface area (Å²) < 4.78 is 93.4. The SMILES string of the molecule is CCCCCCCCO[C@H]1OC(COC(C)=O)[C@@H](OC(C)=O)[C@H](OC(C)=O)C1O[C@H]1OC(COC(C)=O)[C@@H](OC(C)=O)[C@H](O[C@H]2OC(COC(C)=O)[C@@H](OC(C)=O)[C@H](OC(C)=O)C2OC(C)=O)C1OC(C)=O. The van der Waals surface area contributed by atoms with Gasteiger partial charge in [0.25, 0.3) is 0 Å². The van der Waals surface area contributed by atoms with Crippen LogP contribution in [0.2, 0.25) is 0 Å². The average Bonchev–Trinajstić information content (AvgIpc) is 3.25. The van der Waals surface area contributed by atoms with Crippen LogP contribution >= 0.6 is 0 Å². The molecule has 3 aliphatic heterocycles. The molecule has 3 saturated heterocycles. The number of hydrogen-bond acceptors (Lipinski definition) is 26. The molecule has 0 aromatic heterocycles. The van der Waals surface area contributed by atoms with Gasteiger partial charge in [-0.25, -0.2) is 0 Å². The van der Waals surface area contributed by atoms with Crippen molar-refractivity contribution in [2.45, 2.75) is 207 Å². The molecule has 15 atom stereocenters. The van der Waals surface area contributed by atoms with Crippen molar-refractivity contribution in [3.05, 3.63) is 0 Å². The molecule has 408 valence electrons. The van der Waals surface area contributed by atoms with Crippen molar-refractivity contribution in [1.29, 1.82) is 0 Å². The molecular formula is C46H68O26. The molecule has 3 aliphatic rings. The normalized spacial score (nSPS) is 30.0.